The lowest BCUT2D eigenvalue weighted by Crippen LogP contribution is -2.35. The number of amidine groups is 1. The number of carboxylic acids is 1. The Bertz CT molecular complexity index is 2130. The molecular formula is C37H40F6N8O9. The number of aliphatic carboxylic acids is 1. The molecule has 4 rings (SSSR count). The van der Waals surface area contributed by atoms with Crippen molar-refractivity contribution < 1.29 is 65.3 Å². The molecule has 23 heteroatoms. The summed E-state index contributed by atoms with van der Waals surface area (Å²) in [6, 6.07) is 18.8. The van der Waals surface area contributed by atoms with E-state index in [0.29, 0.717) is 16.7 Å². The largest absolute Gasteiger partial charge is 0.490 e. The highest BCUT2D eigenvalue weighted by Crippen LogP contribution is 2.25. The third-order valence-electron chi connectivity index (χ3n) is 7.14. The zero-order chi connectivity index (χ0) is 45.7. The van der Waals surface area contributed by atoms with Crippen LogP contribution in [0.25, 0.3) is 11.3 Å². The Balaban J connectivity index is 0.00000111. The summed E-state index contributed by atoms with van der Waals surface area (Å²) in [7, 11) is 1.23. The zero-order valence-corrected chi connectivity index (χ0v) is 31.8. The number of nitrogen functional groups attached to an aromatic ring is 2. The number of halogens is 6. The number of alkyl halides is 6. The minimum Gasteiger partial charge on any atom is -0.483 e. The van der Waals surface area contributed by atoms with Crippen molar-refractivity contribution in [3.05, 3.63) is 112 Å². The Morgan fingerprint density at radius 1 is 0.983 bits per heavy atom. The molecule has 0 fully saturated rings. The zero-order valence-electron chi connectivity index (χ0n) is 31.8. The molecule has 0 saturated heterocycles. The second-order valence-electron chi connectivity index (χ2n) is 11.9. The molecule has 0 radical (unpaired) electrons. The maximum absolute atomic E-state index is 13.6. The number of hydrogen-bond acceptors (Lipinski definition) is 11. The number of nitrogens with zero attached hydrogens (tertiary/aromatic N) is 2. The van der Waals surface area contributed by atoms with Gasteiger partial charge in [-0.05, 0) is 43.2 Å². The molecule has 0 aliphatic rings. The molecule has 4 aromatic rings. The molecule has 0 unspecified atom stereocenters. The fourth-order valence-corrected chi connectivity index (χ4v) is 4.64. The molecule has 17 nitrogen and oxygen atoms in total. The molecule has 3 aromatic carbocycles. The van der Waals surface area contributed by atoms with E-state index in [9.17, 15) is 45.5 Å². The average molecular weight is 855 g/mol. The van der Waals surface area contributed by atoms with Crippen LogP contribution in [0.15, 0.2) is 83.8 Å². The van der Waals surface area contributed by atoms with Gasteiger partial charge >= 0.3 is 24.8 Å². The van der Waals surface area contributed by atoms with Gasteiger partial charge in [-0.2, -0.15) is 26.3 Å². The second kappa shape index (κ2) is 24.3. The van der Waals surface area contributed by atoms with E-state index in [4.69, 9.17) is 41.4 Å². The van der Waals surface area contributed by atoms with Gasteiger partial charge in [0.1, 0.15) is 12.4 Å². The summed E-state index contributed by atoms with van der Waals surface area (Å²) >= 11 is 0. The third-order valence-corrected chi connectivity index (χ3v) is 7.14. The first kappa shape index (κ1) is 50.6. The maximum Gasteiger partial charge on any atom is 0.490 e. The van der Waals surface area contributed by atoms with Crippen LogP contribution in [0.1, 0.15) is 46.9 Å². The molecule has 10 N–H and O–H groups in total. The number of nitrogens with two attached hydrogens (primary N) is 2. The number of anilines is 2. The SMILES string of the molecule is COC(=O)[C@H](NC(=O)c1cc(N)cc(-c2cnc(NC(C)C)c(=O)n2CC(=O)NCc2ccc(C(=N)N)cc2)c1)c1ccccc1.FC(F)F.O=C(O)C(F)(F)F.O=CO. The van der Waals surface area contributed by atoms with E-state index in [1.54, 1.807) is 60.7 Å². The minimum absolute atomic E-state index is 0.0528. The number of rotatable bonds is 12. The van der Waals surface area contributed by atoms with Gasteiger partial charge in [0.15, 0.2) is 11.9 Å². The number of esters is 1. The monoisotopic (exact) mass is 854 g/mol. The normalized spacial score (nSPS) is 10.8. The highest BCUT2D eigenvalue weighted by molar-refractivity contribution is 5.99. The number of benzene rings is 3. The third kappa shape index (κ3) is 17.4. The van der Waals surface area contributed by atoms with Gasteiger partial charge in [-0.1, -0.05) is 54.6 Å². The molecule has 0 saturated carbocycles. The van der Waals surface area contributed by atoms with Gasteiger partial charge in [0, 0.05) is 35.0 Å². The van der Waals surface area contributed by atoms with Crippen LogP contribution in [0.5, 0.6) is 0 Å². The maximum atomic E-state index is 13.6. The number of hydrogen-bond donors (Lipinski definition) is 8. The smallest absolute Gasteiger partial charge is 0.483 e. The molecule has 324 valence electrons. The molecule has 0 spiro atoms. The van der Waals surface area contributed by atoms with Crippen LogP contribution in [0.2, 0.25) is 0 Å². The number of aromatic nitrogens is 2. The number of nitrogens with one attached hydrogen (secondary N) is 4. The molecule has 2 amide bonds. The van der Waals surface area contributed by atoms with Crippen molar-refractivity contribution in [1.29, 1.82) is 5.41 Å². The molecule has 0 bridgehead atoms. The summed E-state index contributed by atoms with van der Waals surface area (Å²) in [5.41, 5.74) is 13.9. The Hall–Kier alpha value is -7.46. The first-order valence-corrected chi connectivity index (χ1v) is 16.8. The number of amides is 2. The van der Waals surface area contributed by atoms with Crippen molar-refractivity contribution in [3.63, 3.8) is 0 Å². The van der Waals surface area contributed by atoms with E-state index in [1.807, 2.05) is 13.8 Å². The number of carbonyl (C=O) groups excluding carboxylic acids is 3. The molecular weight excluding hydrogens is 814 g/mol. The first-order valence-electron chi connectivity index (χ1n) is 16.8. The standard InChI is InChI=1S/C33H36N8O5.C2HF3O2.CHF3.CH2O2/c1-19(2)39-30-32(44)41(18-27(42)37-16-20-9-11-22(12-10-20)29(35)36)26(17-38-30)23-13-24(15-25(34)14-23)31(43)40-28(33(45)46-3)21-7-5-4-6-8-21;3-2(4,5)1(6)7;2-1(3)4;2-1-3/h4-15,17,19,28H,16,18,34H2,1-3H3,(H3,35,36)(H,37,42)(H,38,39)(H,40,43);(H,6,7);1H;1H,(H,2,3)/t28-;;;/m1.../s1. The number of carboxylic acid groups (broad SMARTS) is 2. The summed E-state index contributed by atoms with van der Waals surface area (Å²) in [5, 5.41) is 30.0. The van der Waals surface area contributed by atoms with Crippen molar-refractivity contribution in [2.24, 2.45) is 5.73 Å². The van der Waals surface area contributed by atoms with Gasteiger partial charge in [0.2, 0.25) is 5.91 Å². The lowest BCUT2D eigenvalue weighted by atomic mass is 10.0. The second-order valence-corrected chi connectivity index (χ2v) is 11.9. The summed E-state index contributed by atoms with van der Waals surface area (Å²) in [6.45, 7) is -0.398. The van der Waals surface area contributed by atoms with Gasteiger partial charge in [-0.15, -0.1) is 0 Å². The van der Waals surface area contributed by atoms with E-state index >= 15 is 0 Å². The van der Waals surface area contributed by atoms with Gasteiger partial charge in [-0.25, -0.2) is 14.6 Å². The lowest BCUT2D eigenvalue weighted by Gasteiger charge is -2.18. The molecule has 0 aliphatic heterocycles. The Morgan fingerprint density at radius 3 is 2.02 bits per heavy atom. The number of methoxy groups -OCH3 is 1. The number of ether oxygens (including phenoxy) is 1. The Morgan fingerprint density at radius 2 is 1.53 bits per heavy atom. The Labute approximate surface area is 336 Å². The van der Waals surface area contributed by atoms with Gasteiger partial charge in [0.25, 0.3) is 17.9 Å². The van der Waals surface area contributed by atoms with E-state index in [-0.39, 0.29) is 54.2 Å². The lowest BCUT2D eigenvalue weighted by molar-refractivity contribution is -0.192. The first-order chi connectivity index (χ1) is 28.0. The van der Waals surface area contributed by atoms with Crippen molar-refractivity contribution in [2.75, 3.05) is 18.2 Å². The van der Waals surface area contributed by atoms with Crippen LogP contribution in [0, 0.1) is 5.41 Å². The average Bonchev–Trinajstić information content (AvgIpc) is 3.17. The molecule has 1 aromatic heterocycles. The summed E-state index contributed by atoms with van der Waals surface area (Å²) < 4.78 is 66.9. The van der Waals surface area contributed by atoms with Crippen LogP contribution in [-0.4, -0.2) is 81.8 Å². The minimum atomic E-state index is -5.08. The number of carbonyl (C=O) groups is 5. The van der Waals surface area contributed by atoms with Crippen molar-refractivity contribution in [3.8, 4) is 11.3 Å². The van der Waals surface area contributed by atoms with Crippen molar-refractivity contribution in [1.82, 2.24) is 20.2 Å². The van der Waals surface area contributed by atoms with Gasteiger partial charge in [0.05, 0.1) is 19.0 Å². The summed E-state index contributed by atoms with van der Waals surface area (Å²) in [6.07, 6.45) is -3.66. The van der Waals surface area contributed by atoms with E-state index in [2.05, 4.69) is 20.9 Å². The summed E-state index contributed by atoms with van der Waals surface area (Å²) in [5.74, 6) is -4.49. The van der Waals surface area contributed by atoms with Crippen LogP contribution < -0.4 is 33.0 Å². The van der Waals surface area contributed by atoms with E-state index < -0.39 is 48.2 Å². The van der Waals surface area contributed by atoms with Crippen LogP contribution in [0.3, 0.4) is 0 Å². The van der Waals surface area contributed by atoms with E-state index in [0.717, 1.165) is 5.56 Å². The van der Waals surface area contributed by atoms with Crippen LogP contribution in [0.4, 0.5) is 37.8 Å². The van der Waals surface area contributed by atoms with Crippen molar-refractivity contribution >= 4 is 47.6 Å². The quantitative estimate of drug-likeness (QED) is 0.0250. The topological polar surface area (TPSA) is 282 Å². The van der Waals surface area contributed by atoms with Gasteiger partial charge < -0.3 is 42.4 Å². The molecule has 60 heavy (non-hydrogen) atoms. The predicted octanol–water partition coefficient (Wildman–Crippen LogP) is 4.07. The Kier molecular flexibility index (Phi) is 20.5. The van der Waals surface area contributed by atoms with Crippen LogP contribution in [-0.2, 0) is 37.0 Å². The van der Waals surface area contributed by atoms with Crippen molar-refractivity contribution in [2.45, 2.75) is 51.9 Å². The summed E-state index contributed by atoms with van der Waals surface area (Å²) in [4.78, 5) is 74.2. The fourth-order valence-electron chi connectivity index (χ4n) is 4.64. The molecule has 1 atom stereocenters. The fraction of sp³-hybridized carbons (Fsp3) is 0.243. The predicted molar refractivity (Wildman–Crippen MR) is 205 cm³/mol. The molecule has 0 aliphatic carbocycles. The van der Waals surface area contributed by atoms with Gasteiger partial charge in [-0.3, -0.25) is 29.2 Å². The highest BCUT2D eigenvalue weighted by Gasteiger charge is 2.38. The highest BCUT2D eigenvalue weighted by atomic mass is 19.4. The van der Waals surface area contributed by atoms with Crippen LogP contribution >= 0.6 is 0 Å². The molecule has 1 heterocycles. The van der Waals surface area contributed by atoms with E-state index in [1.165, 1.54) is 30.0 Å².